The van der Waals surface area contributed by atoms with E-state index >= 15 is 0 Å². The van der Waals surface area contributed by atoms with Crippen molar-refractivity contribution in [3.8, 4) is 0 Å². The van der Waals surface area contributed by atoms with Crippen LogP contribution in [-0.4, -0.2) is 49.8 Å². The van der Waals surface area contributed by atoms with Gasteiger partial charge < -0.3 is 10.1 Å². The Morgan fingerprint density at radius 2 is 1.94 bits per heavy atom. The minimum Gasteiger partial charge on any atom is -0.383 e. The van der Waals surface area contributed by atoms with E-state index in [0.29, 0.717) is 0 Å². The Kier molecular flexibility index (Phi) is 4.62. The third kappa shape index (κ3) is 3.19. The number of hydrogen-bond donors (Lipinski definition) is 1. The maximum atomic E-state index is 5.23. The van der Waals surface area contributed by atoms with E-state index in [1.54, 1.807) is 7.11 Å². The quantitative estimate of drug-likeness (QED) is 0.714. The van der Waals surface area contributed by atoms with Crippen LogP contribution in [0, 0.1) is 0 Å². The topological polar surface area (TPSA) is 24.5 Å². The highest BCUT2D eigenvalue weighted by atomic mass is 16.5. The summed E-state index contributed by atoms with van der Waals surface area (Å²) in [6.45, 7) is 5.33. The van der Waals surface area contributed by atoms with Gasteiger partial charge in [0.1, 0.15) is 0 Å². The second-order valence-corrected chi connectivity index (χ2v) is 5.18. The molecule has 2 aliphatic carbocycles. The molecule has 2 unspecified atom stereocenters. The molecule has 2 fully saturated rings. The first-order chi connectivity index (χ1) is 7.85. The summed E-state index contributed by atoms with van der Waals surface area (Å²) >= 11 is 0. The molecular formula is C13H26N2O. The van der Waals surface area contributed by atoms with Crippen molar-refractivity contribution in [2.45, 2.75) is 57.2 Å². The lowest BCUT2D eigenvalue weighted by Gasteiger charge is -2.28. The van der Waals surface area contributed by atoms with Gasteiger partial charge in [0.05, 0.1) is 6.61 Å². The average Bonchev–Trinajstić information content (AvgIpc) is 3.01. The van der Waals surface area contributed by atoms with Gasteiger partial charge in [-0.05, 0) is 38.6 Å². The van der Waals surface area contributed by atoms with Crippen LogP contribution in [0.2, 0.25) is 0 Å². The van der Waals surface area contributed by atoms with Gasteiger partial charge in [-0.25, -0.2) is 0 Å². The van der Waals surface area contributed by atoms with Crippen molar-refractivity contribution in [2.24, 2.45) is 0 Å². The third-order valence-corrected chi connectivity index (χ3v) is 3.94. The van der Waals surface area contributed by atoms with Gasteiger partial charge in [-0.2, -0.15) is 0 Å². The van der Waals surface area contributed by atoms with Crippen LogP contribution in [0.15, 0.2) is 0 Å². The van der Waals surface area contributed by atoms with Crippen LogP contribution in [0.3, 0.4) is 0 Å². The van der Waals surface area contributed by atoms with E-state index < -0.39 is 0 Å². The van der Waals surface area contributed by atoms with Crippen molar-refractivity contribution < 1.29 is 4.74 Å². The Morgan fingerprint density at radius 1 is 1.19 bits per heavy atom. The summed E-state index contributed by atoms with van der Waals surface area (Å²) in [6, 6.07) is 2.45. The molecule has 16 heavy (non-hydrogen) atoms. The molecule has 2 rings (SSSR count). The normalized spacial score (nSPS) is 30.2. The van der Waals surface area contributed by atoms with Gasteiger partial charge >= 0.3 is 0 Å². The predicted octanol–water partition coefficient (Wildman–Crippen LogP) is 1.63. The Hall–Kier alpha value is -0.120. The molecule has 2 aliphatic rings. The second-order valence-electron chi connectivity index (χ2n) is 5.18. The summed E-state index contributed by atoms with van der Waals surface area (Å²) in [5.74, 6) is 0. The fraction of sp³-hybridized carbons (Fsp3) is 1.00. The molecule has 0 amide bonds. The Morgan fingerprint density at radius 3 is 2.56 bits per heavy atom. The number of ether oxygens (including phenoxy) is 1. The number of rotatable bonds is 7. The van der Waals surface area contributed by atoms with Gasteiger partial charge in [-0.1, -0.05) is 6.92 Å². The first-order valence-corrected chi connectivity index (χ1v) is 6.83. The van der Waals surface area contributed by atoms with Gasteiger partial charge in [0, 0.05) is 31.8 Å². The van der Waals surface area contributed by atoms with Gasteiger partial charge in [0.15, 0.2) is 0 Å². The zero-order chi connectivity index (χ0) is 11.4. The Labute approximate surface area is 99.5 Å². The molecule has 0 bridgehead atoms. The molecule has 3 heteroatoms. The summed E-state index contributed by atoms with van der Waals surface area (Å²) in [5, 5.41) is 3.59. The number of methoxy groups -OCH3 is 1. The SMILES string of the molecule is CCNC1CCC(N(CCOC)C2CC2)C1. The van der Waals surface area contributed by atoms with Crippen LogP contribution in [0.1, 0.15) is 39.0 Å². The molecule has 3 nitrogen and oxygen atoms in total. The summed E-state index contributed by atoms with van der Waals surface area (Å²) < 4.78 is 5.23. The van der Waals surface area contributed by atoms with Crippen LogP contribution in [0.4, 0.5) is 0 Å². The lowest BCUT2D eigenvalue weighted by Crippen LogP contribution is -2.39. The highest BCUT2D eigenvalue weighted by Gasteiger charge is 2.37. The smallest absolute Gasteiger partial charge is 0.0589 e. The summed E-state index contributed by atoms with van der Waals surface area (Å²) in [6.07, 6.45) is 6.89. The fourth-order valence-electron chi connectivity index (χ4n) is 3.00. The molecular weight excluding hydrogens is 200 g/mol. The van der Waals surface area contributed by atoms with Crippen molar-refractivity contribution in [1.82, 2.24) is 10.2 Å². The largest absolute Gasteiger partial charge is 0.383 e. The maximum absolute atomic E-state index is 5.23. The minimum absolute atomic E-state index is 0.763. The van der Waals surface area contributed by atoms with E-state index in [-0.39, 0.29) is 0 Å². The van der Waals surface area contributed by atoms with Gasteiger partial charge in [0.25, 0.3) is 0 Å². The van der Waals surface area contributed by atoms with Gasteiger partial charge in [0.2, 0.25) is 0 Å². The van der Waals surface area contributed by atoms with Crippen LogP contribution in [-0.2, 0) is 4.74 Å². The highest BCUT2D eigenvalue weighted by molar-refractivity contribution is 4.93. The van der Waals surface area contributed by atoms with Crippen molar-refractivity contribution in [1.29, 1.82) is 0 Å². The molecule has 1 N–H and O–H groups in total. The molecule has 0 aliphatic heterocycles. The molecule has 0 saturated heterocycles. The number of nitrogens with zero attached hydrogens (tertiary/aromatic N) is 1. The molecule has 0 spiro atoms. The van der Waals surface area contributed by atoms with E-state index in [1.165, 1.54) is 32.1 Å². The summed E-state index contributed by atoms with van der Waals surface area (Å²) in [4.78, 5) is 2.71. The van der Waals surface area contributed by atoms with Crippen molar-refractivity contribution in [2.75, 3.05) is 26.8 Å². The van der Waals surface area contributed by atoms with Crippen LogP contribution < -0.4 is 5.32 Å². The minimum atomic E-state index is 0.763. The van der Waals surface area contributed by atoms with E-state index in [1.807, 2.05) is 0 Å². The molecule has 2 atom stereocenters. The van der Waals surface area contributed by atoms with Crippen LogP contribution in [0.5, 0.6) is 0 Å². The van der Waals surface area contributed by atoms with E-state index in [0.717, 1.165) is 37.8 Å². The Balaban J connectivity index is 1.79. The standard InChI is InChI=1S/C13H26N2O/c1-3-14-11-4-5-13(10-11)15(8-9-16-2)12-6-7-12/h11-14H,3-10H2,1-2H3. The zero-order valence-corrected chi connectivity index (χ0v) is 10.7. The van der Waals surface area contributed by atoms with Gasteiger partial charge in [-0.3, -0.25) is 4.90 Å². The number of hydrogen-bond acceptors (Lipinski definition) is 3. The highest BCUT2D eigenvalue weighted by Crippen LogP contribution is 2.34. The lowest BCUT2D eigenvalue weighted by molar-refractivity contribution is 0.114. The molecule has 2 saturated carbocycles. The average molecular weight is 226 g/mol. The van der Waals surface area contributed by atoms with Crippen molar-refractivity contribution in [3.05, 3.63) is 0 Å². The first-order valence-electron chi connectivity index (χ1n) is 6.83. The van der Waals surface area contributed by atoms with Crippen LogP contribution in [0.25, 0.3) is 0 Å². The molecule has 0 heterocycles. The Bertz CT molecular complexity index is 206. The zero-order valence-electron chi connectivity index (χ0n) is 10.7. The van der Waals surface area contributed by atoms with Crippen LogP contribution >= 0.6 is 0 Å². The first kappa shape index (κ1) is 12.3. The maximum Gasteiger partial charge on any atom is 0.0589 e. The van der Waals surface area contributed by atoms with Gasteiger partial charge in [-0.15, -0.1) is 0 Å². The third-order valence-electron chi connectivity index (χ3n) is 3.94. The van der Waals surface area contributed by atoms with E-state index in [2.05, 4.69) is 17.1 Å². The molecule has 0 aromatic heterocycles. The summed E-state index contributed by atoms with van der Waals surface area (Å²) in [5.41, 5.74) is 0. The van der Waals surface area contributed by atoms with Crippen molar-refractivity contribution >= 4 is 0 Å². The predicted molar refractivity (Wildman–Crippen MR) is 66.7 cm³/mol. The summed E-state index contributed by atoms with van der Waals surface area (Å²) in [7, 11) is 1.81. The monoisotopic (exact) mass is 226 g/mol. The fourth-order valence-corrected chi connectivity index (χ4v) is 3.00. The second kappa shape index (κ2) is 5.99. The lowest BCUT2D eigenvalue weighted by atomic mass is 10.2. The number of nitrogens with one attached hydrogen (secondary N) is 1. The molecule has 94 valence electrons. The van der Waals surface area contributed by atoms with E-state index in [4.69, 9.17) is 4.74 Å². The van der Waals surface area contributed by atoms with Crippen molar-refractivity contribution in [3.63, 3.8) is 0 Å². The van der Waals surface area contributed by atoms with E-state index in [9.17, 15) is 0 Å². The molecule has 0 aromatic carbocycles. The molecule has 0 radical (unpaired) electrons. The molecule has 0 aromatic rings.